The van der Waals surface area contributed by atoms with Crippen LogP contribution in [0, 0.1) is 0 Å². The lowest BCUT2D eigenvalue weighted by molar-refractivity contribution is 0.444. The van der Waals surface area contributed by atoms with Crippen molar-refractivity contribution in [3.05, 3.63) is 101 Å². The molecule has 4 heteroatoms. The summed E-state index contributed by atoms with van der Waals surface area (Å²) in [5.74, 6) is 0.778. The fourth-order valence-electron chi connectivity index (χ4n) is 5.11. The summed E-state index contributed by atoms with van der Waals surface area (Å²) in [7, 11) is 0. The number of phenolic OH excluding ortho intramolecular Hbond substituents is 1. The molecule has 0 fully saturated rings. The molecule has 4 nitrogen and oxygen atoms in total. The van der Waals surface area contributed by atoms with Gasteiger partial charge in [0.2, 0.25) is 5.89 Å². The minimum absolute atomic E-state index is 0.0723. The van der Waals surface area contributed by atoms with Crippen molar-refractivity contribution < 1.29 is 9.52 Å². The van der Waals surface area contributed by atoms with Crippen molar-refractivity contribution in [2.24, 2.45) is 4.99 Å². The average Bonchev–Trinajstić information content (AvgIpc) is 3.35. The van der Waals surface area contributed by atoms with E-state index in [2.05, 4.69) is 98.7 Å². The normalized spacial score (nSPS) is 12.9. The Kier molecular flexibility index (Phi) is 7.39. The van der Waals surface area contributed by atoms with Crippen LogP contribution in [0.1, 0.15) is 84.6 Å². The highest BCUT2D eigenvalue weighted by molar-refractivity contribution is 5.93. The standard InChI is InChI=1S/C38H42N2O2/c1-36(2,3)26-19-17-24(18-20-26)28-14-12-16-32-33(28)40-35(42-32)29-13-10-11-15-31(29)39-23-25-21-27(37(4,5)6)22-30(34(25)41)38(7,8)9/h10-23,41H,1-9H3. The molecule has 42 heavy (non-hydrogen) atoms. The molecule has 1 aromatic heterocycles. The van der Waals surface area contributed by atoms with Gasteiger partial charge in [-0.1, -0.05) is 117 Å². The maximum atomic E-state index is 11.3. The third kappa shape index (κ3) is 5.90. The van der Waals surface area contributed by atoms with Crippen molar-refractivity contribution in [3.63, 3.8) is 0 Å². The van der Waals surface area contributed by atoms with Crippen molar-refractivity contribution in [2.45, 2.75) is 78.6 Å². The molecule has 5 aromatic rings. The third-order valence-corrected chi connectivity index (χ3v) is 7.77. The van der Waals surface area contributed by atoms with Crippen LogP contribution in [0.2, 0.25) is 0 Å². The molecule has 4 aromatic carbocycles. The lowest BCUT2D eigenvalue weighted by Crippen LogP contribution is -2.17. The summed E-state index contributed by atoms with van der Waals surface area (Å²) < 4.78 is 6.30. The Balaban J connectivity index is 1.56. The first-order valence-corrected chi connectivity index (χ1v) is 14.6. The number of aliphatic imine (C=N–C) groups is 1. The van der Waals surface area contributed by atoms with Crippen LogP contribution < -0.4 is 0 Å². The molecule has 0 unspecified atom stereocenters. The van der Waals surface area contributed by atoms with E-state index >= 15 is 0 Å². The zero-order valence-corrected chi connectivity index (χ0v) is 26.3. The van der Waals surface area contributed by atoms with Gasteiger partial charge in [0.05, 0.1) is 11.3 Å². The molecule has 0 atom stereocenters. The molecule has 0 bridgehead atoms. The number of hydrogen-bond donors (Lipinski definition) is 1. The van der Waals surface area contributed by atoms with Crippen molar-refractivity contribution in [2.75, 3.05) is 0 Å². The lowest BCUT2D eigenvalue weighted by atomic mass is 9.79. The fourth-order valence-corrected chi connectivity index (χ4v) is 5.11. The summed E-state index contributed by atoms with van der Waals surface area (Å²) in [5, 5.41) is 11.3. The molecule has 0 spiro atoms. The number of oxazole rings is 1. The molecule has 0 aliphatic carbocycles. The van der Waals surface area contributed by atoms with Gasteiger partial charge >= 0.3 is 0 Å². The molecule has 1 N–H and O–H groups in total. The topological polar surface area (TPSA) is 58.6 Å². The summed E-state index contributed by atoms with van der Waals surface area (Å²) >= 11 is 0. The van der Waals surface area contributed by atoms with Crippen molar-refractivity contribution >= 4 is 23.0 Å². The summed E-state index contributed by atoms with van der Waals surface area (Å²) in [5.41, 5.74) is 9.05. The van der Waals surface area contributed by atoms with Gasteiger partial charge in [0.15, 0.2) is 5.58 Å². The van der Waals surface area contributed by atoms with Gasteiger partial charge < -0.3 is 9.52 Å². The minimum atomic E-state index is -0.213. The predicted octanol–water partition coefficient (Wildman–Crippen LogP) is 10.5. The first-order valence-electron chi connectivity index (χ1n) is 14.6. The average molecular weight is 559 g/mol. The van der Waals surface area contributed by atoms with E-state index in [1.807, 2.05) is 42.5 Å². The fraction of sp³-hybridized carbons (Fsp3) is 0.316. The second-order valence-electron chi connectivity index (χ2n) is 14.2. The molecule has 0 aliphatic heterocycles. The van der Waals surface area contributed by atoms with Crippen LogP contribution in [0.15, 0.2) is 88.3 Å². The van der Waals surface area contributed by atoms with Crippen molar-refractivity contribution in [1.29, 1.82) is 0 Å². The van der Waals surface area contributed by atoms with Gasteiger partial charge in [0, 0.05) is 22.9 Å². The van der Waals surface area contributed by atoms with E-state index in [1.165, 1.54) is 5.56 Å². The monoisotopic (exact) mass is 558 g/mol. The quantitative estimate of drug-likeness (QED) is 0.223. The van der Waals surface area contributed by atoms with E-state index in [0.29, 0.717) is 11.5 Å². The Morgan fingerprint density at radius 1 is 0.690 bits per heavy atom. The van der Waals surface area contributed by atoms with E-state index in [9.17, 15) is 5.11 Å². The van der Waals surface area contributed by atoms with Gasteiger partial charge in [0.25, 0.3) is 0 Å². The van der Waals surface area contributed by atoms with Crippen LogP contribution in [0.4, 0.5) is 5.69 Å². The van der Waals surface area contributed by atoms with E-state index in [1.54, 1.807) is 6.21 Å². The Morgan fingerprint density at radius 2 is 1.33 bits per heavy atom. The maximum Gasteiger partial charge on any atom is 0.229 e. The number of fused-ring (bicyclic) bond motifs is 1. The number of nitrogens with zero attached hydrogens (tertiary/aromatic N) is 2. The molecule has 0 saturated heterocycles. The molecule has 0 aliphatic rings. The van der Waals surface area contributed by atoms with Gasteiger partial charge in [-0.3, -0.25) is 4.99 Å². The van der Waals surface area contributed by atoms with Crippen LogP contribution in [0.3, 0.4) is 0 Å². The lowest BCUT2D eigenvalue weighted by Gasteiger charge is -2.27. The second-order valence-corrected chi connectivity index (χ2v) is 14.2. The zero-order valence-electron chi connectivity index (χ0n) is 26.3. The first kappa shape index (κ1) is 29.3. The van der Waals surface area contributed by atoms with Gasteiger partial charge in [-0.15, -0.1) is 0 Å². The predicted molar refractivity (Wildman–Crippen MR) is 176 cm³/mol. The molecule has 1 heterocycles. The van der Waals surface area contributed by atoms with Gasteiger partial charge in [-0.25, -0.2) is 4.98 Å². The summed E-state index contributed by atoms with van der Waals surface area (Å²) in [4.78, 5) is 9.82. The number of hydrogen-bond acceptors (Lipinski definition) is 4. The number of phenols is 1. The Labute approximate surface area is 250 Å². The number of benzene rings is 4. The van der Waals surface area contributed by atoms with E-state index in [0.717, 1.165) is 44.6 Å². The highest BCUT2D eigenvalue weighted by Gasteiger charge is 2.25. The zero-order chi connectivity index (χ0) is 30.4. The smallest absolute Gasteiger partial charge is 0.229 e. The molecule has 0 saturated carbocycles. The summed E-state index contributed by atoms with van der Waals surface area (Å²) in [6.45, 7) is 19.6. The van der Waals surface area contributed by atoms with E-state index in [-0.39, 0.29) is 22.0 Å². The summed E-state index contributed by atoms with van der Waals surface area (Å²) in [6.07, 6.45) is 1.75. The van der Waals surface area contributed by atoms with Crippen LogP contribution in [0.25, 0.3) is 33.7 Å². The third-order valence-electron chi connectivity index (χ3n) is 7.77. The summed E-state index contributed by atoms with van der Waals surface area (Å²) in [6, 6.07) is 26.7. The van der Waals surface area contributed by atoms with Crippen LogP contribution in [-0.4, -0.2) is 16.3 Å². The molecular formula is C38H42N2O2. The molecule has 216 valence electrons. The number of aromatic nitrogens is 1. The molecule has 0 amide bonds. The Bertz CT molecular complexity index is 1770. The Hall–Kier alpha value is -4.18. The van der Waals surface area contributed by atoms with Gasteiger partial charge in [-0.2, -0.15) is 0 Å². The van der Waals surface area contributed by atoms with Gasteiger partial charge in [-0.05, 0) is 57.2 Å². The van der Waals surface area contributed by atoms with Crippen LogP contribution in [-0.2, 0) is 16.2 Å². The highest BCUT2D eigenvalue weighted by atomic mass is 16.3. The molecule has 5 rings (SSSR count). The van der Waals surface area contributed by atoms with Gasteiger partial charge in [0.1, 0.15) is 11.3 Å². The van der Waals surface area contributed by atoms with E-state index < -0.39 is 0 Å². The highest BCUT2D eigenvalue weighted by Crippen LogP contribution is 2.39. The van der Waals surface area contributed by atoms with E-state index in [4.69, 9.17) is 14.4 Å². The number of aromatic hydroxyl groups is 1. The second kappa shape index (κ2) is 10.6. The first-order chi connectivity index (χ1) is 19.6. The Morgan fingerprint density at radius 3 is 1.98 bits per heavy atom. The van der Waals surface area contributed by atoms with Crippen LogP contribution in [0.5, 0.6) is 5.75 Å². The van der Waals surface area contributed by atoms with Crippen molar-refractivity contribution in [1.82, 2.24) is 4.98 Å². The molecular weight excluding hydrogens is 516 g/mol. The van der Waals surface area contributed by atoms with Crippen LogP contribution >= 0.6 is 0 Å². The largest absolute Gasteiger partial charge is 0.507 e. The minimum Gasteiger partial charge on any atom is -0.507 e. The number of rotatable bonds is 4. The number of para-hydroxylation sites is 2. The van der Waals surface area contributed by atoms with Crippen molar-refractivity contribution in [3.8, 4) is 28.3 Å². The molecule has 0 radical (unpaired) electrons. The maximum absolute atomic E-state index is 11.3. The SMILES string of the molecule is CC(C)(C)c1ccc(-c2cccc3oc(-c4ccccc4N=Cc4cc(C(C)(C)C)cc(C(C)(C)C)c4O)nc23)cc1.